The van der Waals surface area contributed by atoms with E-state index in [9.17, 15) is 9.90 Å². The number of hydrogen-bond acceptors (Lipinski definition) is 4. The summed E-state index contributed by atoms with van der Waals surface area (Å²) in [6.07, 6.45) is 0.824. The fourth-order valence-electron chi connectivity index (χ4n) is 2.16. The second kappa shape index (κ2) is 5.80. The van der Waals surface area contributed by atoms with E-state index in [-0.39, 0.29) is 18.9 Å². The lowest BCUT2D eigenvalue weighted by atomic mass is 10.1. The second-order valence-electron chi connectivity index (χ2n) is 4.73. The molecule has 0 bridgehead atoms. The molecule has 0 spiro atoms. The first-order valence-electron chi connectivity index (χ1n) is 6.64. The van der Waals surface area contributed by atoms with Crippen LogP contribution in [0.1, 0.15) is 17.6 Å². The van der Waals surface area contributed by atoms with Gasteiger partial charge in [-0.15, -0.1) is 0 Å². The molecule has 0 saturated heterocycles. The van der Waals surface area contributed by atoms with Gasteiger partial charge in [0.25, 0.3) is 0 Å². The minimum absolute atomic E-state index is 0.110. The standard InChI is InChI=1S/C15H15N3O3/c19-13(14-6-3-7-21-14)9-16-15(20)8-12-10-4-1-2-5-11(10)17-18-12/h1-7,13,19H,8-9H2,(H,16,20)(H,17,18). The zero-order valence-corrected chi connectivity index (χ0v) is 11.2. The molecule has 1 atom stereocenters. The number of rotatable bonds is 5. The van der Waals surface area contributed by atoms with Crippen molar-refractivity contribution in [3.05, 3.63) is 54.1 Å². The van der Waals surface area contributed by atoms with Crippen LogP contribution >= 0.6 is 0 Å². The average molecular weight is 285 g/mol. The lowest BCUT2D eigenvalue weighted by Gasteiger charge is -2.09. The van der Waals surface area contributed by atoms with E-state index in [0.29, 0.717) is 5.76 Å². The molecule has 0 saturated carbocycles. The highest BCUT2D eigenvalue weighted by atomic mass is 16.4. The smallest absolute Gasteiger partial charge is 0.226 e. The number of nitrogens with zero attached hydrogens (tertiary/aromatic N) is 1. The zero-order chi connectivity index (χ0) is 14.7. The topological polar surface area (TPSA) is 91.2 Å². The predicted molar refractivity (Wildman–Crippen MR) is 76.5 cm³/mol. The molecule has 0 aliphatic rings. The highest BCUT2D eigenvalue weighted by Crippen LogP contribution is 2.15. The lowest BCUT2D eigenvalue weighted by Crippen LogP contribution is -2.29. The summed E-state index contributed by atoms with van der Waals surface area (Å²) in [7, 11) is 0. The Morgan fingerprint density at radius 1 is 1.33 bits per heavy atom. The van der Waals surface area contributed by atoms with Crippen molar-refractivity contribution < 1.29 is 14.3 Å². The van der Waals surface area contributed by atoms with Crippen LogP contribution in [0.2, 0.25) is 0 Å². The number of amides is 1. The highest BCUT2D eigenvalue weighted by Gasteiger charge is 2.13. The summed E-state index contributed by atoms with van der Waals surface area (Å²) in [6, 6.07) is 11.0. The van der Waals surface area contributed by atoms with Gasteiger partial charge in [-0.1, -0.05) is 18.2 Å². The maximum atomic E-state index is 11.9. The molecule has 1 aromatic carbocycles. The minimum atomic E-state index is -0.845. The first-order valence-corrected chi connectivity index (χ1v) is 6.64. The van der Waals surface area contributed by atoms with Crippen molar-refractivity contribution in [1.29, 1.82) is 0 Å². The van der Waals surface area contributed by atoms with E-state index < -0.39 is 6.10 Å². The van der Waals surface area contributed by atoms with Crippen molar-refractivity contribution in [2.24, 2.45) is 0 Å². The lowest BCUT2D eigenvalue weighted by molar-refractivity contribution is -0.121. The van der Waals surface area contributed by atoms with E-state index in [4.69, 9.17) is 4.42 Å². The number of aliphatic hydroxyl groups is 1. The maximum Gasteiger partial charge on any atom is 0.226 e. The summed E-state index contributed by atoms with van der Waals surface area (Å²) >= 11 is 0. The van der Waals surface area contributed by atoms with Gasteiger partial charge in [-0.2, -0.15) is 5.10 Å². The van der Waals surface area contributed by atoms with E-state index in [1.54, 1.807) is 12.1 Å². The molecule has 3 aromatic rings. The molecule has 108 valence electrons. The molecule has 2 heterocycles. The molecular formula is C15H15N3O3. The maximum absolute atomic E-state index is 11.9. The van der Waals surface area contributed by atoms with E-state index in [1.807, 2.05) is 24.3 Å². The molecule has 0 aliphatic heterocycles. The van der Waals surface area contributed by atoms with Gasteiger partial charge >= 0.3 is 0 Å². The highest BCUT2D eigenvalue weighted by molar-refractivity contribution is 5.87. The van der Waals surface area contributed by atoms with Crippen LogP contribution in [0.25, 0.3) is 10.9 Å². The summed E-state index contributed by atoms with van der Waals surface area (Å²) in [4.78, 5) is 11.9. The Hall–Kier alpha value is -2.60. The Bertz CT molecular complexity index is 734. The predicted octanol–water partition coefficient (Wildman–Crippen LogP) is 1.55. The number of nitrogens with one attached hydrogen (secondary N) is 2. The van der Waals surface area contributed by atoms with Gasteiger partial charge in [0.1, 0.15) is 11.9 Å². The molecule has 6 nitrogen and oxygen atoms in total. The van der Waals surface area contributed by atoms with Crippen molar-refractivity contribution in [3.8, 4) is 0 Å². The number of aromatic nitrogens is 2. The minimum Gasteiger partial charge on any atom is -0.467 e. The van der Waals surface area contributed by atoms with Gasteiger partial charge < -0.3 is 14.8 Å². The molecule has 3 rings (SSSR count). The third kappa shape index (κ3) is 2.95. The second-order valence-corrected chi connectivity index (χ2v) is 4.73. The molecule has 0 fully saturated rings. The molecule has 1 amide bonds. The monoisotopic (exact) mass is 285 g/mol. The SMILES string of the molecule is O=C(Cc1[nH]nc2ccccc12)NCC(O)c1ccco1. The van der Waals surface area contributed by atoms with Gasteiger partial charge in [0.05, 0.1) is 30.4 Å². The molecule has 6 heteroatoms. The Morgan fingerprint density at radius 2 is 2.19 bits per heavy atom. The third-order valence-electron chi connectivity index (χ3n) is 3.24. The fraction of sp³-hybridized carbons (Fsp3) is 0.200. The molecule has 21 heavy (non-hydrogen) atoms. The van der Waals surface area contributed by atoms with Crippen LogP contribution < -0.4 is 5.32 Å². The Morgan fingerprint density at radius 3 is 3.00 bits per heavy atom. The number of H-pyrrole nitrogens is 1. The van der Waals surface area contributed by atoms with Crippen LogP contribution in [-0.2, 0) is 11.2 Å². The molecule has 0 aliphatic carbocycles. The van der Waals surface area contributed by atoms with E-state index in [1.165, 1.54) is 6.26 Å². The largest absolute Gasteiger partial charge is 0.467 e. The number of hydrogen-bond donors (Lipinski definition) is 3. The Labute approximate surface area is 120 Å². The molecular weight excluding hydrogens is 270 g/mol. The van der Waals surface area contributed by atoms with Gasteiger partial charge in [-0.25, -0.2) is 0 Å². The van der Waals surface area contributed by atoms with Crippen LogP contribution in [0.3, 0.4) is 0 Å². The summed E-state index contributed by atoms with van der Waals surface area (Å²) in [5, 5.41) is 20.4. The third-order valence-corrected chi connectivity index (χ3v) is 3.24. The summed E-state index contributed by atoms with van der Waals surface area (Å²) < 4.78 is 5.07. The van der Waals surface area contributed by atoms with Crippen molar-refractivity contribution in [2.45, 2.75) is 12.5 Å². The normalized spacial score (nSPS) is 12.4. The summed E-state index contributed by atoms with van der Waals surface area (Å²) in [6.45, 7) is 0.110. The average Bonchev–Trinajstić information content (AvgIpc) is 3.15. The first-order chi connectivity index (χ1) is 10.2. The summed E-state index contributed by atoms with van der Waals surface area (Å²) in [5.74, 6) is 0.247. The molecule has 0 radical (unpaired) electrons. The molecule has 2 aromatic heterocycles. The van der Waals surface area contributed by atoms with Gasteiger partial charge in [-0.3, -0.25) is 9.89 Å². The fourth-order valence-corrected chi connectivity index (χ4v) is 2.16. The van der Waals surface area contributed by atoms with Crippen LogP contribution in [0.5, 0.6) is 0 Å². The van der Waals surface area contributed by atoms with Crippen LogP contribution in [0.15, 0.2) is 47.1 Å². The van der Waals surface area contributed by atoms with Gasteiger partial charge in [0, 0.05) is 5.39 Å². The van der Waals surface area contributed by atoms with E-state index in [2.05, 4.69) is 15.5 Å². The first kappa shape index (κ1) is 13.4. The van der Waals surface area contributed by atoms with Crippen molar-refractivity contribution in [2.75, 3.05) is 6.54 Å². The van der Waals surface area contributed by atoms with E-state index >= 15 is 0 Å². The number of carbonyl (C=O) groups is 1. The number of para-hydroxylation sites is 1. The number of aromatic amines is 1. The van der Waals surface area contributed by atoms with Gasteiger partial charge in [-0.05, 0) is 18.2 Å². The van der Waals surface area contributed by atoms with Gasteiger partial charge in [0.15, 0.2) is 0 Å². The number of furan rings is 1. The van der Waals surface area contributed by atoms with Crippen LogP contribution in [-0.4, -0.2) is 27.8 Å². The Balaban J connectivity index is 1.59. The zero-order valence-electron chi connectivity index (χ0n) is 11.2. The number of carbonyl (C=O) groups excluding carboxylic acids is 1. The van der Waals surface area contributed by atoms with Crippen LogP contribution in [0.4, 0.5) is 0 Å². The van der Waals surface area contributed by atoms with Crippen LogP contribution in [0, 0.1) is 0 Å². The van der Waals surface area contributed by atoms with Crippen molar-refractivity contribution in [1.82, 2.24) is 15.5 Å². The Kier molecular flexibility index (Phi) is 3.70. The summed E-state index contributed by atoms with van der Waals surface area (Å²) in [5.41, 5.74) is 1.59. The number of benzene rings is 1. The number of fused-ring (bicyclic) bond motifs is 1. The quantitative estimate of drug-likeness (QED) is 0.663. The van der Waals surface area contributed by atoms with Crippen molar-refractivity contribution >= 4 is 16.8 Å². The van der Waals surface area contributed by atoms with E-state index in [0.717, 1.165) is 16.6 Å². The van der Waals surface area contributed by atoms with Crippen molar-refractivity contribution in [3.63, 3.8) is 0 Å². The number of aliphatic hydroxyl groups excluding tert-OH is 1. The molecule has 3 N–H and O–H groups in total. The molecule has 1 unspecified atom stereocenters. The van der Waals surface area contributed by atoms with Gasteiger partial charge in [0.2, 0.25) is 5.91 Å².